The van der Waals surface area contributed by atoms with E-state index in [4.69, 9.17) is 21.5 Å². The van der Waals surface area contributed by atoms with Gasteiger partial charge in [-0.25, -0.2) is 0 Å². The normalized spacial score (nSPS) is 29.3. The van der Waals surface area contributed by atoms with Crippen molar-refractivity contribution in [2.24, 2.45) is 17.4 Å². The summed E-state index contributed by atoms with van der Waals surface area (Å²) in [5.74, 6) is -0.379. The molecule has 0 aromatic heterocycles. The third kappa shape index (κ3) is 5.65. The molecule has 28 heavy (non-hydrogen) atoms. The third-order valence-corrected chi connectivity index (χ3v) is 7.57. The molecule has 1 aliphatic carbocycles. The van der Waals surface area contributed by atoms with Gasteiger partial charge in [0.25, 0.3) is 10.2 Å². The number of hydrogen-bond donors (Lipinski definition) is 6. The van der Waals surface area contributed by atoms with Crippen molar-refractivity contribution in [3.8, 4) is 0 Å². The molecule has 1 saturated heterocycles. The van der Waals surface area contributed by atoms with Crippen LogP contribution in [0.1, 0.15) is 46.5 Å². The van der Waals surface area contributed by atoms with Gasteiger partial charge < -0.3 is 26.8 Å². The van der Waals surface area contributed by atoms with Gasteiger partial charge in [0.1, 0.15) is 0 Å². The molecular formula is C16H34BN5O5S. The maximum absolute atomic E-state index is 12.9. The van der Waals surface area contributed by atoms with Gasteiger partial charge in [0.15, 0.2) is 0 Å². The Hall–Kier alpha value is -0.755. The SMILES string of the molecule is C[C@H](N)C(=O)NC1([C@@H](C)NS(=O)(=O)N2C[C@H](CCCB(O)O)[C@@](C)(N)C2)CC1. The number of rotatable bonds is 10. The first-order chi connectivity index (χ1) is 12.8. The predicted octanol–water partition coefficient (Wildman–Crippen LogP) is -1.89. The van der Waals surface area contributed by atoms with Gasteiger partial charge in [-0.15, -0.1) is 0 Å². The minimum atomic E-state index is -3.78. The molecule has 1 amide bonds. The summed E-state index contributed by atoms with van der Waals surface area (Å²) in [6, 6.07) is -1.14. The Balaban J connectivity index is 1.98. The zero-order valence-corrected chi connectivity index (χ0v) is 17.7. The molecule has 0 aromatic carbocycles. The number of amides is 1. The molecule has 0 spiro atoms. The molecule has 0 unspecified atom stereocenters. The minimum Gasteiger partial charge on any atom is -0.427 e. The van der Waals surface area contributed by atoms with Crippen molar-refractivity contribution in [1.29, 1.82) is 0 Å². The lowest BCUT2D eigenvalue weighted by Crippen LogP contribution is -2.57. The molecule has 1 saturated carbocycles. The lowest BCUT2D eigenvalue weighted by molar-refractivity contribution is -0.123. The zero-order chi connectivity index (χ0) is 21.3. The summed E-state index contributed by atoms with van der Waals surface area (Å²) in [7, 11) is -5.15. The fourth-order valence-electron chi connectivity index (χ4n) is 3.75. The van der Waals surface area contributed by atoms with Crippen molar-refractivity contribution in [2.45, 2.75) is 75.9 Å². The van der Waals surface area contributed by atoms with E-state index in [2.05, 4.69) is 10.0 Å². The number of hydrogen-bond acceptors (Lipinski definition) is 7. The van der Waals surface area contributed by atoms with Crippen LogP contribution in [-0.4, -0.2) is 72.0 Å². The van der Waals surface area contributed by atoms with Crippen LogP contribution < -0.4 is 21.5 Å². The topological polar surface area (TPSA) is 171 Å². The maximum atomic E-state index is 12.9. The maximum Gasteiger partial charge on any atom is 0.451 e. The number of carbonyl (C=O) groups excluding carboxylic acids is 1. The van der Waals surface area contributed by atoms with Crippen LogP contribution in [0.25, 0.3) is 0 Å². The number of carbonyl (C=O) groups is 1. The molecule has 0 radical (unpaired) electrons. The van der Waals surface area contributed by atoms with Gasteiger partial charge in [0.05, 0.1) is 11.6 Å². The quantitative estimate of drug-likeness (QED) is 0.225. The monoisotopic (exact) mass is 419 g/mol. The van der Waals surface area contributed by atoms with Crippen molar-refractivity contribution in [1.82, 2.24) is 14.3 Å². The van der Waals surface area contributed by atoms with E-state index in [1.807, 2.05) is 6.92 Å². The second-order valence-electron chi connectivity index (χ2n) is 8.69. The number of nitrogens with one attached hydrogen (secondary N) is 2. The Labute approximate surface area is 167 Å². The Kier molecular flexibility index (Phi) is 7.18. The first-order valence-corrected chi connectivity index (χ1v) is 11.2. The molecule has 0 bridgehead atoms. The van der Waals surface area contributed by atoms with Crippen LogP contribution in [0.4, 0.5) is 0 Å². The molecule has 0 aromatic rings. The molecule has 2 rings (SSSR count). The van der Waals surface area contributed by atoms with Gasteiger partial charge in [-0.3, -0.25) is 4.79 Å². The molecule has 2 fully saturated rings. The van der Waals surface area contributed by atoms with Crippen LogP contribution >= 0.6 is 0 Å². The Bertz CT molecular complexity index is 668. The van der Waals surface area contributed by atoms with Crippen molar-refractivity contribution in [3.63, 3.8) is 0 Å². The molecule has 1 heterocycles. The smallest absolute Gasteiger partial charge is 0.427 e. The van der Waals surface area contributed by atoms with E-state index >= 15 is 0 Å². The summed E-state index contributed by atoms with van der Waals surface area (Å²) in [4.78, 5) is 11.9. The first kappa shape index (κ1) is 23.5. The Morgan fingerprint density at radius 2 is 1.96 bits per heavy atom. The van der Waals surface area contributed by atoms with Gasteiger partial charge in [-0.05, 0) is 52.3 Å². The minimum absolute atomic E-state index is 0.0780. The summed E-state index contributed by atoms with van der Waals surface area (Å²) in [6.45, 7) is 5.60. The highest BCUT2D eigenvalue weighted by Gasteiger charge is 2.51. The van der Waals surface area contributed by atoms with Crippen molar-refractivity contribution >= 4 is 23.2 Å². The van der Waals surface area contributed by atoms with Crippen LogP contribution in [0.3, 0.4) is 0 Å². The molecule has 12 heteroatoms. The highest BCUT2D eigenvalue weighted by Crippen LogP contribution is 2.39. The van der Waals surface area contributed by atoms with Crippen molar-refractivity contribution in [2.75, 3.05) is 13.1 Å². The fourth-order valence-corrected chi connectivity index (χ4v) is 5.40. The largest absolute Gasteiger partial charge is 0.451 e. The molecule has 2 aliphatic rings. The highest BCUT2D eigenvalue weighted by atomic mass is 32.2. The van der Waals surface area contributed by atoms with Crippen LogP contribution in [0.5, 0.6) is 0 Å². The number of nitrogens with zero attached hydrogens (tertiary/aromatic N) is 1. The first-order valence-electron chi connectivity index (χ1n) is 9.79. The van der Waals surface area contributed by atoms with Gasteiger partial charge in [-0.1, -0.05) is 6.42 Å². The molecule has 8 N–H and O–H groups in total. The van der Waals surface area contributed by atoms with Gasteiger partial charge in [0.2, 0.25) is 5.91 Å². The number of nitrogens with two attached hydrogens (primary N) is 2. The van der Waals surface area contributed by atoms with Crippen molar-refractivity contribution < 1.29 is 23.3 Å². The molecule has 4 atom stereocenters. The van der Waals surface area contributed by atoms with E-state index in [0.717, 1.165) is 0 Å². The fraction of sp³-hybridized carbons (Fsp3) is 0.938. The van der Waals surface area contributed by atoms with Crippen molar-refractivity contribution in [3.05, 3.63) is 0 Å². The average Bonchev–Trinajstić information content (AvgIpc) is 3.25. The van der Waals surface area contributed by atoms with Gasteiger partial charge in [-0.2, -0.15) is 17.4 Å². The molecular weight excluding hydrogens is 385 g/mol. The van der Waals surface area contributed by atoms with Gasteiger partial charge in [0, 0.05) is 24.7 Å². The van der Waals surface area contributed by atoms with Gasteiger partial charge >= 0.3 is 7.12 Å². The third-order valence-electron chi connectivity index (χ3n) is 5.96. The van der Waals surface area contributed by atoms with Crippen LogP contribution in [0.15, 0.2) is 0 Å². The van der Waals surface area contributed by atoms with E-state index in [9.17, 15) is 13.2 Å². The lowest BCUT2D eigenvalue weighted by Gasteiger charge is -2.28. The highest BCUT2D eigenvalue weighted by molar-refractivity contribution is 7.87. The summed E-state index contributed by atoms with van der Waals surface area (Å²) >= 11 is 0. The van der Waals surface area contributed by atoms with E-state index in [1.54, 1.807) is 13.8 Å². The van der Waals surface area contributed by atoms with Crippen LogP contribution in [0.2, 0.25) is 6.32 Å². The molecule has 10 nitrogen and oxygen atoms in total. The summed E-state index contributed by atoms with van der Waals surface area (Å²) in [5.41, 5.74) is 10.6. The predicted molar refractivity (Wildman–Crippen MR) is 107 cm³/mol. The van der Waals surface area contributed by atoms with E-state index in [1.165, 1.54) is 4.31 Å². The molecule has 1 aliphatic heterocycles. The Morgan fingerprint density at radius 1 is 1.36 bits per heavy atom. The zero-order valence-electron chi connectivity index (χ0n) is 16.9. The second kappa shape index (κ2) is 8.54. The van der Waals surface area contributed by atoms with E-state index in [-0.39, 0.29) is 31.2 Å². The van der Waals surface area contributed by atoms with E-state index in [0.29, 0.717) is 25.7 Å². The summed E-state index contributed by atoms with van der Waals surface area (Å²) in [5, 5.41) is 20.8. The van der Waals surface area contributed by atoms with Crippen LogP contribution in [-0.2, 0) is 15.0 Å². The summed E-state index contributed by atoms with van der Waals surface area (Å²) < 4.78 is 29.8. The Morgan fingerprint density at radius 3 is 2.46 bits per heavy atom. The van der Waals surface area contributed by atoms with Crippen LogP contribution in [0, 0.1) is 5.92 Å². The lowest BCUT2D eigenvalue weighted by atomic mass is 9.79. The standard InChI is InChI=1S/C16H34BN5O5S/c1-11(18)14(23)20-16(6-7-16)12(2)21-28(26,27)22-9-13(15(3,19)10-22)5-4-8-17(24)25/h11-13,21,24-25H,4-10,18-19H2,1-3H3,(H,20,23)/t11-,12+,13-,15-/m0/s1. The molecule has 162 valence electrons. The second-order valence-corrected chi connectivity index (χ2v) is 10.4. The average molecular weight is 419 g/mol. The van der Waals surface area contributed by atoms with E-state index < -0.39 is 40.5 Å². The summed E-state index contributed by atoms with van der Waals surface area (Å²) in [6.07, 6.45) is 2.78.